The van der Waals surface area contributed by atoms with Gasteiger partial charge in [-0.25, -0.2) is 0 Å². The van der Waals surface area contributed by atoms with Crippen molar-refractivity contribution in [1.82, 2.24) is 10.3 Å². The van der Waals surface area contributed by atoms with Crippen molar-refractivity contribution < 1.29 is 4.79 Å². The first-order valence-corrected chi connectivity index (χ1v) is 4.65. The average molecular weight is 193 g/mol. The number of hydrogen-bond acceptors (Lipinski definition) is 3. The Morgan fingerprint density at radius 2 is 2.36 bits per heavy atom. The maximum atomic E-state index is 11.1. The van der Waals surface area contributed by atoms with Crippen molar-refractivity contribution in [3.05, 3.63) is 24.0 Å². The molecule has 0 unspecified atom stereocenters. The normalized spacial score (nSPS) is 9.57. The molecule has 0 aromatic carbocycles. The average Bonchev–Trinajstić information content (AvgIpc) is 2.15. The van der Waals surface area contributed by atoms with Gasteiger partial charge in [-0.05, 0) is 26.0 Å². The summed E-state index contributed by atoms with van der Waals surface area (Å²) >= 11 is 0. The quantitative estimate of drug-likeness (QED) is 0.748. The number of aromatic nitrogens is 1. The zero-order valence-corrected chi connectivity index (χ0v) is 8.50. The number of pyridine rings is 1. The Bertz CT molecular complexity index is 312. The first kappa shape index (κ1) is 10.5. The lowest BCUT2D eigenvalue weighted by Gasteiger charge is -2.06. The van der Waals surface area contributed by atoms with E-state index < -0.39 is 0 Å². The molecule has 0 aliphatic carbocycles. The molecule has 0 aliphatic rings. The highest BCUT2D eigenvalue weighted by atomic mass is 16.1. The number of likely N-dealkylation sites (N-methyl/N-ethyl adjacent to an activating group) is 1. The predicted molar refractivity (Wildman–Crippen MR) is 56.1 cm³/mol. The van der Waals surface area contributed by atoms with Gasteiger partial charge in [0.05, 0.1) is 6.54 Å². The van der Waals surface area contributed by atoms with E-state index in [0.29, 0.717) is 13.1 Å². The SMILES string of the molecule is CCNC(=O)CNc1ccnc(C)c1. The summed E-state index contributed by atoms with van der Waals surface area (Å²) in [6, 6.07) is 3.74. The molecule has 0 bridgehead atoms. The van der Waals surface area contributed by atoms with Gasteiger partial charge in [0.25, 0.3) is 0 Å². The number of hydrogen-bond donors (Lipinski definition) is 2. The van der Waals surface area contributed by atoms with Gasteiger partial charge in [-0.2, -0.15) is 0 Å². The van der Waals surface area contributed by atoms with Crippen LogP contribution in [0, 0.1) is 6.92 Å². The fraction of sp³-hybridized carbons (Fsp3) is 0.400. The maximum absolute atomic E-state index is 11.1. The fourth-order valence-corrected chi connectivity index (χ4v) is 1.10. The van der Waals surface area contributed by atoms with Crippen LogP contribution in [-0.4, -0.2) is 24.0 Å². The van der Waals surface area contributed by atoms with Crippen molar-refractivity contribution in [2.75, 3.05) is 18.4 Å². The number of anilines is 1. The Balaban J connectivity index is 2.41. The van der Waals surface area contributed by atoms with Crippen LogP contribution in [0.3, 0.4) is 0 Å². The summed E-state index contributed by atoms with van der Waals surface area (Å²) in [6.07, 6.45) is 1.72. The highest BCUT2D eigenvalue weighted by Crippen LogP contribution is 2.05. The first-order valence-electron chi connectivity index (χ1n) is 4.65. The molecule has 0 spiro atoms. The van der Waals surface area contributed by atoms with Crippen molar-refractivity contribution in [3.8, 4) is 0 Å². The molecule has 1 heterocycles. The van der Waals surface area contributed by atoms with Gasteiger partial charge < -0.3 is 10.6 Å². The van der Waals surface area contributed by atoms with Gasteiger partial charge in [-0.1, -0.05) is 0 Å². The van der Waals surface area contributed by atoms with Crippen molar-refractivity contribution in [3.63, 3.8) is 0 Å². The van der Waals surface area contributed by atoms with Crippen LogP contribution < -0.4 is 10.6 Å². The Morgan fingerprint density at radius 1 is 1.57 bits per heavy atom. The number of carbonyl (C=O) groups is 1. The second-order valence-electron chi connectivity index (χ2n) is 2.99. The number of nitrogens with one attached hydrogen (secondary N) is 2. The van der Waals surface area contributed by atoms with Gasteiger partial charge in [-0.15, -0.1) is 0 Å². The lowest BCUT2D eigenvalue weighted by molar-refractivity contribution is -0.119. The molecule has 1 aromatic heterocycles. The minimum atomic E-state index is 0.00182. The Labute approximate surface area is 83.7 Å². The summed E-state index contributed by atoms with van der Waals surface area (Å²) in [7, 11) is 0. The molecule has 2 N–H and O–H groups in total. The third-order valence-electron chi connectivity index (χ3n) is 1.72. The number of carbonyl (C=O) groups excluding carboxylic acids is 1. The van der Waals surface area contributed by atoms with E-state index in [0.717, 1.165) is 11.4 Å². The molecule has 76 valence electrons. The van der Waals surface area contributed by atoms with Crippen LogP contribution in [0.2, 0.25) is 0 Å². The van der Waals surface area contributed by atoms with Crippen LogP contribution in [0.5, 0.6) is 0 Å². The fourth-order valence-electron chi connectivity index (χ4n) is 1.10. The van der Waals surface area contributed by atoms with Crippen molar-refractivity contribution in [1.29, 1.82) is 0 Å². The minimum absolute atomic E-state index is 0.00182. The highest BCUT2D eigenvalue weighted by Gasteiger charge is 1.98. The summed E-state index contributed by atoms with van der Waals surface area (Å²) in [5.74, 6) is 0.00182. The third kappa shape index (κ3) is 3.43. The van der Waals surface area contributed by atoms with E-state index in [-0.39, 0.29) is 5.91 Å². The summed E-state index contributed by atoms with van der Waals surface area (Å²) < 4.78 is 0. The van der Waals surface area contributed by atoms with Gasteiger partial charge in [0.15, 0.2) is 0 Å². The second-order valence-corrected chi connectivity index (χ2v) is 2.99. The highest BCUT2D eigenvalue weighted by molar-refractivity contribution is 5.80. The molecular weight excluding hydrogens is 178 g/mol. The van der Waals surface area contributed by atoms with E-state index in [9.17, 15) is 4.79 Å². The summed E-state index contributed by atoms with van der Waals surface area (Å²) in [4.78, 5) is 15.2. The van der Waals surface area contributed by atoms with Gasteiger partial charge in [0.2, 0.25) is 5.91 Å². The smallest absolute Gasteiger partial charge is 0.239 e. The lowest BCUT2D eigenvalue weighted by Crippen LogP contribution is -2.29. The first-order chi connectivity index (χ1) is 6.72. The summed E-state index contributed by atoms with van der Waals surface area (Å²) in [5.41, 5.74) is 1.86. The van der Waals surface area contributed by atoms with Crippen LogP contribution in [0.25, 0.3) is 0 Å². The molecule has 0 atom stereocenters. The summed E-state index contributed by atoms with van der Waals surface area (Å²) in [6.45, 7) is 4.78. The van der Waals surface area contributed by atoms with E-state index in [2.05, 4.69) is 15.6 Å². The minimum Gasteiger partial charge on any atom is -0.376 e. The van der Waals surface area contributed by atoms with Gasteiger partial charge in [0.1, 0.15) is 0 Å². The molecule has 1 aromatic rings. The summed E-state index contributed by atoms with van der Waals surface area (Å²) in [5, 5.41) is 5.73. The molecule has 0 saturated carbocycles. The van der Waals surface area contributed by atoms with Gasteiger partial charge in [-0.3, -0.25) is 9.78 Å². The van der Waals surface area contributed by atoms with Crippen molar-refractivity contribution in [2.24, 2.45) is 0 Å². The maximum Gasteiger partial charge on any atom is 0.239 e. The molecule has 1 amide bonds. The molecule has 4 heteroatoms. The topological polar surface area (TPSA) is 54.0 Å². The molecule has 4 nitrogen and oxygen atoms in total. The molecule has 0 saturated heterocycles. The lowest BCUT2D eigenvalue weighted by atomic mass is 10.3. The molecular formula is C10H15N3O. The zero-order chi connectivity index (χ0) is 10.4. The molecule has 0 fully saturated rings. The van der Waals surface area contributed by atoms with Gasteiger partial charge >= 0.3 is 0 Å². The number of amides is 1. The van der Waals surface area contributed by atoms with E-state index in [1.165, 1.54) is 0 Å². The van der Waals surface area contributed by atoms with Crippen molar-refractivity contribution >= 4 is 11.6 Å². The predicted octanol–water partition coefficient (Wildman–Crippen LogP) is 0.938. The second kappa shape index (κ2) is 5.21. The van der Waals surface area contributed by atoms with Crippen LogP contribution >= 0.6 is 0 Å². The molecule has 1 rings (SSSR count). The third-order valence-corrected chi connectivity index (χ3v) is 1.72. The largest absolute Gasteiger partial charge is 0.376 e. The van der Waals surface area contributed by atoms with E-state index >= 15 is 0 Å². The van der Waals surface area contributed by atoms with Gasteiger partial charge in [0, 0.05) is 24.1 Å². The van der Waals surface area contributed by atoms with E-state index in [1.54, 1.807) is 6.20 Å². The molecule has 14 heavy (non-hydrogen) atoms. The Kier molecular flexibility index (Phi) is 3.91. The monoisotopic (exact) mass is 193 g/mol. The zero-order valence-electron chi connectivity index (χ0n) is 8.50. The van der Waals surface area contributed by atoms with E-state index in [4.69, 9.17) is 0 Å². The number of aryl methyl sites for hydroxylation is 1. The molecule has 0 radical (unpaired) electrons. The standard InChI is InChI=1S/C10H15N3O/c1-3-11-10(14)7-13-9-4-5-12-8(2)6-9/h4-6H,3,7H2,1-2H3,(H,11,14)(H,12,13). The Hall–Kier alpha value is -1.58. The number of nitrogens with zero attached hydrogens (tertiary/aromatic N) is 1. The van der Waals surface area contributed by atoms with Crippen LogP contribution in [0.4, 0.5) is 5.69 Å². The Morgan fingerprint density at radius 3 is 3.00 bits per heavy atom. The number of rotatable bonds is 4. The van der Waals surface area contributed by atoms with Crippen LogP contribution in [0.15, 0.2) is 18.3 Å². The van der Waals surface area contributed by atoms with E-state index in [1.807, 2.05) is 26.0 Å². The molecule has 0 aliphatic heterocycles. The van der Waals surface area contributed by atoms with Crippen LogP contribution in [0.1, 0.15) is 12.6 Å². The van der Waals surface area contributed by atoms with Crippen LogP contribution in [-0.2, 0) is 4.79 Å². The van der Waals surface area contributed by atoms with Crippen molar-refractivity contribution in [2.45, 2.75) is 13.8 Å².